The summed E-state index contributed by atoms with van der Waals surface area (Å²) in [6.07, 6.45) is 0.752. The normalized spacial score (nSPS) is 20.7. The lowest BCUT2D eigenvalue weighted by Crippen LogP contribution is -2.42. The number of rotatable bonds is 4. The van der Waals surface area contributed by atoms with Crippen LogP contribution in [0.3, 0.4) is 0 Å². The van der Waals surface area contributed by atoms with Crippen LogP contribution >= 0.6 is 0 Å². The smallest absolute Gasteiger partial charge is 0.228 e. The summed E-state index contributed by atoms with van der Waals surface area (Å²) >= 11 is 0. The van der Waals surface area contributed by atoms with E-state index in [0.717, 1.165) is 18.5 Å². The summed E-state index contributed by atoms with van der Waals surface area (Å²) in [5.74, 6) is 0.919. The largest absolute Gasteiger partial charge is 0.486 e. The first-order chi connectivity index (χ1) is 12.7. The molecule has 0 spiro atoms. The molecule has 4 rings (SSSR count). The summed E-state index contributed by atoms with van der Waals surface area (Å²) in [4.78, 5) is 14.8. The number of nitrogens with zero attached hydrogens (tertiary/aromatic N) is 1. The topological polar surface area (TPSA) is 59.0 Å². The Hall–Kier alpha value is -2.53. The number of amides is 1. The molecule has 5 heteroatoms. The lowest BCUT2D eigenvalue weighted by atomic mass is 9.87. The van der Waals surface area contributed by atoms with Crippen LogP contribution in [0.25, 0.3) is 0 Å². The molecule has 26 heavy (non-hydrogen) atoms. The Morgan fingerprint density at radius 3 is 2.65 bits per heavy atom. The Morgan fingerprint density at radius 1 is 1.08 bits per heavy atom. The van der Waals surface area contributed by atoms with Crippen LogP contribution < -0.4 is 9.47 Å². The third kappa shape index (κ3) is 3.40. The van der Waals surface area contributed by atoms with E-state index in [0.29, 0.717) is 43.2 Å². The number of hydrogen-bond acceptors (Lipinski definition) is 4. The Kier molecular flexibility index (Phi) is 4.80. The fourth-order valence-corrected chi connectivity index (χ4v) is 3.70. The van der Waals surface area contributed by atoms with E-state index in [-0.39, 0.29) is 5.91 Å². The summed E-state index contributed by atoms with van der Waals surface area (Å²) < 4.78 is 11.1. The SMILES string of the molecule is O=C1[C@H]([C@@H](O)c2ccc3c(c2)OCCO3)CCCN1Cc1ccccc1. The number of likely N-dealkylation sites (tertiary alicyclic amines) is 1. The predicted octanol–water partition coefficient (Wildman–Crippen LogP) is 2.93. The van der Waals surface area contributed by atoms with Gasteiger partial charge in [0.25, 0.3) is 0 Å². The minimum Gasteiger partial charge on any atom is -0.486 e. The van der Waals surface area contributed by atoms with Gasteiger partial charge in [0.1, 0.15) is 13.2 Å². The van der Waals surface area contributed by atoms with Crippen molar-refractivity contribution in [3.8, 4) is 11.5 Å². The van der Waals surface area contributed by atoms with E-state index in [1.54, 1.807) is 6.07 Å². The highest BCUT2D eigenvalue weighted by Crippen LogP contribution is 2.37. The molecule has 0 saturated carbocycles. The molecule has 2 atom stereocenters. The number of hydrogen-bond donors (Lipinski definition) is 1. The van der Waals surface area contributed by atoms with Crippen molar-refractivity contribution in [1.29, 1.82) is 0 Å². The van der Waals surface area contributed by atoms with Crippen LogP contribution in [0.5, 0.6) is 11.5 Å². The van der Waals surface area contributed by atoms with Gasteiger partial charge in [-0.3, -0.25) is 4.79 Å². The molecule has 1 saturated heterocycles. The van der Waals surface area contributed by atoms with Crippen molar-refractivity contribution in [2.24, 2.45) is 5.92 Å². The van der Waals surface area contributed by atoms with Crippen molar-refractivity contribution in [1.82, 2.24) is 4.90 Å². The van der Waals surface area contributed by atoms with Crippen LogP contribution in [0.1, 0.15) is 30.1 Å². The average Bonchev–Trinajstić information content (AvgIpc) is 2.69. The number of benzene rings is 2. The number of aliphatic hydroxyl groups is 1. The van der Waals surface area contributed by atoms with Gasteiger partial charge in [-0.25, -0.2) is 0 Å². The van der Waals surface area contributed by atoms with Gasteiger partial charge >= 0.3 is 0 Å². The molecule has 5 nitrogen and oxygen atoms in total. The second-order valence-electron chi connectivity index (χ2n) is 6.84. The predicted molar refractivity (Wildman–Crippen MR) is 97.0 cm³/mol. The maximum absolute atomic E-state index is 12.9. The second kappa shape index (κ2) is 7.38. The third-order valence-electron chi connectivity index (χ3n) is 5.08. The van der Waals surface area contributed by atoms with E-state index >= 15 is 0 Å². The number of carbonyl (C=O) groups is 1. The molecular weight excluding hydrogens is 330 g/mol. The van der Waals surface area contributed by atoms with Crippen LogP contribution in [0, 0.1) is 5.92 Å². The molecule has 0 aliphatic carbocycles. The highest BCUT2D eigenvalue weighted by Gasteiger charge is 2.35. The fraction of sp³-hybridized carbons (Fsp3) is 0.381. The zero-order valence-corrected chi connectivity index (χ0v) is 14.6. The number of aliphatic hydroxyl groups excluding tert-OH is 1. The van der Waals surface area contributed by atoms with Gasteiger partial charge < -0.3 is 19.5 Å². The minimum atomic E-state index is -0.836. The molecule has 2 aromatic rings. The summed E-state index contributed by atoms with van der Waals surface area (Å²) in [6.45, 7) is 2.35. The van der Waals surface area contributed by atoms with Gasteiger partial charge in [0.2, 0.25) is 5.91 Å². The fourth-order valence-electron chi connectivity index (χ4n) is 3.70. The van der Waals surface area contributed by atoms with Crippen molar-refractivity contribution < 1.29 is 19.4 Å². The van der Waals surface area contributed by atoms with Gasteiger partial charge in [-0.2, -0.15) is 0 Å². The van der Waals surface area contributed by atoms with Crippen molar-refractivity contribution >= 4 is 5.91 Å². The van der Waals surface area contributed by atoms with Crippen LogP contribution in [-0.4, -0.2) is 35.7 Å². The number of carbonyl (C=O) groups excluding carboxylic acids is 1. The second-order valence-corrected chi connectivity index (χ2v) is 6.84. The maximum atomic E-state index is 12.9. The van der Waals surface area contributed by atoms with Crippen molar-refractivity contribution in [3.05, 3.63) is 59.7 Å². The summed E-state index contributed by atoms with van der Waals surface area (Å²) in [6, 6.07) is 15.4. The monoisotopic (exact) mass is 353 g/mol. The summed E-state index contributed by atoms with van der Waals surface area (Å²) in [7, 11) is 0. The standard InChI is InChI=1S/C21H23NO4/c23-20(16-8-9-18-19(13-16)26-12-11-25-18)17-7-4-10-22(21(17)24)14-15-5-2-1-3-6-15/h1-3,5-6,8-9,13,17,20,23H,4,7,10-12,14H2/t17-,20-/m0/s1. The molecule has 2 aliphatic heterocycles. The van der Waals surface area contributed by atoms with E-state index < -0.39 is 12.0 Å². The molecule has 1 amide bonds. The molecule has 0 bridgehead atoms. The highest BCUT2D eigenvalue weighted by atomic mass is 16.6. The van der Waals surface area contributed by atoms with Crippen LogP contribution in [0.4, 0.5) is 0 Å². The summed E-state index contributed by atoms with van der Waals surface area (Å²) in [5, 5.41) is 10.9. The molecular formula is C21H23NO4. The average molecular weight is 353 g/mol. The molecule has 2 aliphatic rings. The van der Waals surface area contributed by atoms with E-state index in [1.807, 2.05) is 47.4 Å². The van der Waals surface area contributed by atoms with Crippen LogP contribution in [0.15, 0.2) is 48.5 Å². The van der Waals surface area contributed by atoms with E-state index in [1.165, 1.54) is 0 Å². The number of ether oxygens (including phenoxy) is 2. The van der Waals surface area contributed by atoms with E-state index in [2.05, 4.69) is 0 Å². The first kappa shape index (κ1) is 16.9. The lowest BCUT2D eigenvalue weighted by Gasteiger charge is -2.35. The van der Waals surface area contributed by atoms with E-state index in [9.17, 15) is 9.90 Å². The molecule has 0 unspecified atom stereocenters. The zero-order valence-electron chi connectivity index (χ0n) is 14.6. The number of piperidine rings is 1. The van der Waals surface area contributed by atoms with Gasteiger partial charge in [0.15, 0.2) is 11.5 Å². The quantitative estimate of drug-likeness (QED) is 0.918. The van der Waals surface area contributed by atoms with Gasteiger partial charge in [-0.15, -0.1) is 0 Å². The minimum absolute atomic E-state index is 0.0162. The molecule has 0 aromatic heterocycles. The molecule has 1 N–H and O–H groups in total. The van der Waals surface area contributed by atoms with E-state index in [4.69, 9.17) is 9.47 Å². The maximum Gasteiger partial charge on any atom is 0.228 e. The van der Waals surface area contributed by atoms with Crippen molar-refractivity contribution in [2.45, 2.75) is 25.5 Å². The van der Waals surface area contributed by atoms with Crippen LogP contribution in [-0.2, 0) is 11.3 Å². The van der Waals surface area contributed by atoms with Crippen molar-refractivity contribution in [2.75, 3.05) is 19.8 Å². The number of fused-ring (bicyclic) bond motifs is 1. The van der Waals surface area contributed by atoms with Gasteiger partial charge in [0, 0.05) is 13.1 Å². The molecule has 2 heterocycles. The first-order valence-electron chi connectivity index (χ1n) is 9.13. The Balaban J connectivity index is 1.50. The highest BCUT2D eigenvalue weighted by molar-refractivity contribution is 5.80. The van der Waals surface area contributed by atoms with Crippen LogP contribution in [0.2, 0.25) is 0 Å². The van der Waals surface area contributed by atoms with Crippen molar-refractivity contribution in [3.63, 3.8) is 0 Å². The molecule has 0 radical (unpaired) electrons. The zero-order chi connectivity index (χ0) is 17.9. The Bertz CT molecular complexity index is 777. The van der Waals surface area contributed by atoms with Gasteiger partial charge in [-0.1, -0.05) is 36.4 Å². The summed E-state index contributed by atoms with van der Waals surface area (Å²) in [5.41, 5.74) is 1.81. The Labute approximate surface area is 153 Å². The Morgan fingerprint density at radius 2 is 1.85 bits per heavy atom. The molecule has 2 aromatic carbocycles. The first-order valence-corrected chi connectivity index (χ1v) is 9.13. The molecule has 1 fully saturated rings. The van der Waals surface area contributed by atoms with Gasteiger partial charge in [0.05, 0.1) is 12.0 Å². The third-order valence-corrected chi connectivity index (χ3v) is 5.08. The molecule has 136 valence electrons. The lowest BCUT2D eigenvalue weighted by molar-refractivity contribution is -0.143. The van der Waals surface area contributed by atoms with Gasteiger partial charge in [-0.05, 0) is 36.1 Å².